The topological polar surface area (TPSA) is 12.0 Å². The highest BCUT2D eigenvalue weighted by molar-refractivity contribution is 5.36. The molecular formula is C17H19N. The van der Waals surface area contributed by atoms with Gasteiger partial charge in [0.25, 0.3) is 0 Å². The highest BCUT2D eigenvalue weighted by atomic mass is 15.0. The van der Waals surface area contributed by atoms with Gasteiger partial charge in [-0.25, -0.2) is 0 Å². The van der Waals surface area contributed by atoms with Crippen LogP contribution in [0.4, 0.5) is 0 Å². The van der Waals surface area contributed by atoms with Gasteiger partial charge in [0.05, 0.1) is 12.0 Å². The number of rotatable bonds is 0. The molecule has 0 saturated carbocycles. The third kappa shape index (κ3) is 1.73. The molecule has 1 heteroatoms. The molecule has 2 aliphatic carbocycles. The van der Waals surface area contributed by atoms with E-state index in [9.17, 15) is 0 Å². The van der Waals surface area contributed by atoms with Crippen LogP contribution >= 0.6 is 0 Å². The number of piperidine rings is 1. The fraction of sp³-hybridized carbons (Fsp3) is 0.412. The van der Waals surface area contributed by atoms with Crippen molar-refractivity contribution in [1.29, 1.82) is 0 Å². The fourth-order valence-corrected chi connectivity index (χ4v) is 3.09. The zero-order chi connectivity index (χ0) is 12.6. The zero-order valence-electron chi connectivity index (χ0n) is 11.0. The second kappa shape index (κ2) is 4.21. The lowest BCUT2D eigenvalue weighted by molar-refractivity contribution is 0.150. The first kappa shape index (κ1) is 11.4. The second-order valence-corrected chi connectivity index (χ2v) is 5.79. The van der Waals surface area contributed by atoms with Gasteiger partial charge in [-0.15, -0.1) is 0 Å². The van der Waals surface area contributed by atoms with E-state index in [1.807, 2.05) is 0 Å². The SMILES string of the molecule is CC1(C)C2C=CC=CC1C1C#CC/C=C\C=C/1N2. The number of fused-ring (bicyclic) bond motifs is 4. The van der Waals surface area contributed by atoms with Crippen molar-refractivity contribution in [2.75, 3.05) is 0 Å². The van der Waals surface area contributed by atoms with Crippen molar-refractivity contribution in [2.45, 2.75) is 26.3 Å². The molecule has 1 heterocycles. The molecular weight excluding hydrogens is 218 g/mol. The Hall–Kier alpha value is -1.68. The Bertz CT molecular complexity index is 520. The molecule has 2 bridgehead atoms. The smallest absolute Gasteiger partial charge is 0.0668 e. The van der Waals surface area contributed by atoms with Crippen molar-refractivity contribution >= 4 is 0 Å². The number of hydrogen-bond acceptors (Lipinski definition) is 1. The minimum Gasteiger partial charge on any atom is -0.381 e. The third-order valence-corrected chi connectivity index (χ3v) is 4.30. The molecule has 3 rings (SSSR count). The van der Waals surface area contributed by atoms with Crippen LogP contribution in [-0.4, -0.2) is 6.04 Å². The van der Waals surface area contributed by atoms with Crippen LogP contribution in [0.15, 0.2) is 48.2 Å². The van der Waals surface area contributed by atoms with Crippen LogP contribution in [0.25, 0.3) is 0 Å². The summed E-state index contributed by atoms with van der Waals surface area (Å²) in [6.45, 7) is 4.67. The molecule has 3 unspecified atom stereocenters. The maximum Gasteiger partial charge on any atom is 0.0668 e. The lowest BCUT2D eigenvalue weighted by atomic mass is 9.64. The average molecular weight is 237 g/mol. The maximum absolute atomic E-state index is 3.67. The highest BCUT2D eigenvalue weighted by Gasteiger charge is 2.45. The van der Waals surface area contributed by atoms with Crippen LogP contribution in [0.1, 0.15) is 20.3 Å². The molecule has 0 aromatic heterocycles. The van der Waals surface area contributed by atoms with E-state index in [1.54, 1.807) is 0 Å². The quantitative estimate of drug-likeness (QED) is 0.638. The Labute approximate surface area is 109 Å². The molecule has 3 aliphatic rings. The first-order valence-corrected chi connectivity index (χ1v) is 6.66. The zero-order valence-corrected chi connectivity index (χ0v) is 11.0. The first-order chi connectivity index (χ1) is 8.69. The summed E-state index contributed by atoms with van der Waals surface area (Å²) in [5, 5.41) is 3.67. The van der Waals surface area contributed by atoms with Gasteiger partial charge in [0, 0.05) is 18.0 Å². The molecule has 1 fully saturated rings. The molecule has 1 saturated heterocycles. The molecule has 0 amide bonds. The van der Waals surface area contributed by atoms with Crippen LogP contribution in [0.2, 0.25) is 0 Å². The van der Waals surface area contributed by atoms with E-state index in [-0.39, 0.29) is 5.41 Å². The monoisotopic (exact) mass is 237 g/mol. The summed E-state index contributed by atoms with van der Waals surface area (Å²) >= 11 is 0. The minimum absolute atomic E-state index is 0.198. The van der Waals surface area contributed by atoms with Gasteiger partial charge in [-0.1, -0.05) is 62.1 Å². The summed E-state index contributed by atoms with van der Waals surface area (Å²) in [5.74, 6) is 7.51. The Kier molecular flexibility index (Phi) is 2.67. The van der Waals surface area contributed by atoms with Crippen molar-refractivity contribution in [1.82, 2.24) is 5.32 Å². The molecule has 1 aliphatic heterocycles. The van der Waals surface area contributed by atoms with Gasteiger partial charge in [-0.3, -0.25) is 0 Å². The van der Waals surface area contributed by atoms with Crippen molar-refractivity contribution < 1.29 is 0 Å². The van der Waals surface area contributed by atoms with E-state index in [0.717, 1.165) is 6.42 Å². The summed E-state index contributed by atoms with van der Waals surface area (Å²) in [7, 11) is 0. The summed E-state index contributed by atoms with van der Waals surface area (Å²) in [5.41, 5.74) is 1.47. The Morgan fingerprint density at radius 2 is 2.06 bits per heavy atom. The van der Waals surface area contributed by atoms with Crippen molar-refractivity contribution in [2.24, 2.45) is 17.3 Å². The minimum atomic E-state index is 0.198. The number of nitrogens with one attached hydrogen (secondary N) is 1. The molecule has 18 heavy (non-hydrogen) atoms. The summed E-state index contributed by atoms with van der Waals surface area (Å²) in [4.78, 5) is 0. The van der Waals surface area contributed by atoms with Gasteiger partial charge in [0.2, 0.25) is 0 Å². The summed E-state index contributed by atoms with van der Waals surface area (Å²) in [6.07, 6.45) is 16.2. The fourth-order valence-electron chi connectivity index (χ4n) is 3.09. The van der Waals surface area contributed by atoms with Gasteiger partial charge in [-0.05, 0) is 11.5 Å². The van der Waals surface area contributed by atoms with Crippen molar-refractivity contribution in [3.8, 4) is 11.8 Å². The Morgan fingerprint density at radius 3 is 2.94 bits per heavy atom. The van der Waals surface area contributed by atoms with Crippen molar-refractivity contribution in [3.63, 3.8) is 0 Å². The van der Waals surface area contributed by atoms with E-state index >= 15 is 0 Å². The predicted octanol–water partition coefficient (Wildman–Crippen LogP) is 3.19. The number of hydrogen-bond donors (Lipinski definition) is 1. The molecule has 3 atom stereocenters. The lowest BCUT2D eigenvalue weighted by Crippen LogP contribution is -2.52. The Balaban J connectivity index is 2.10. The van der Waals surface area contributed by atoms with Gasteiger partial charge >= 0.3 is 0 Å². The van der Waals surface area contributed by atoms with Gasteiger partial charge < -0.3 is 5.32 Å². The molecule has 0 radical (unpaired) electrons. The van der Waals surface area contributed by atoms with E-state index in [2.05, 4.69) is 73.5 Å². The van der Waals surface area contributed by atoms with Crippen LogP contribution in [0.3, 0.4) is 0 Å². The van der Waals surface area contributed by atoms with E-state index in [0.29, 0.717) is 17.9 Å². The lowest BCUT2D eigenvalue weighted by Gasteiger charge is -2.47. The van der Waals surface area contributed by atoms with Gasteiger partial charge in [0.15, 0.2) is 0 Å². The molecule has 0 aromatic rings. The molecule has 0 aromatic carbocycles. The highest BCUT2D eigenvalue weighted by Crippen LogP contribution is 2.45. The molecule has 0 spiro atoms. The molecule has 1 N–H and O–H groups in total. The number of allylic oxidation sites excluding steroid dienone is 7. The standard InChI is InChI=1S/C17H19N/c1-17(2)14-10-7-8-12-16(17)18-15-11-6-4-3-5-9-13(14)15/h4,6-8,10-14,16,18H,3H2,1-2H3/b6-4-,15-11+. The van der Waals surface area contributed by atoms with Crippen molar-refractivity contribution in [3.05, 3.63) is 48.2 Å². The van der Waals surface area contributed by atoms with Crippen LogP contribution in [-0.2, 0) is 0 Å². The second-order valence-electron chi connectivity index (χ2n) is 5.79. The average Bonchev–Trinajstić information content (AvgIpc) is 2.39. The molecule has 1 nitrogen and oxygen atoms in total. The van der Waals surface area contributed by atoms with Crippen LogP contribution < -0.4 is 5.32 Å². The van der Waals surface area contributed by atoms with Crippen LogP contribution in [0.5, 0.6) is 0 Å². The van der Waals surface area contributed by atoms with E-state index in [1.165, 1.54) is 5.70 Å². The Morgan fingerprint density at radius 1 is 1.22 bits per heavy atom. The maximum atomic E-state index is 3.67. The predicted molar refractivity (Wildman–Crippen MR) is 75.6 cm³/mol. The van der Waals surface area contributed by atoms with Gasteiger partial charge in [-0.2, -0.15) is 0 Å². The largest absolute Gasteiger partial charge is 0.381 e. The summed E-state index contributed by atoms with van der Waals surface area (Å²) < 4.78 is 0. The normalized spacial score (nSPS) is 39.7. The third-order valence-electron chi connectivity index (χ3n) is 4.30. The molecule has 92 valence electrons. The van der Waals surface area contributed by atoms with E-state index in [4.69, 9.17) is 0 Å². The summed E-state index contributed by atoms with van der Waals surface area (Å²) in [6, 6.07) is 0.384. The van der Waals surface area contributed by atoms with E-state index < -0.39 is 0 Å². The van der Waals surface area contributed by atoms with Gasteiger partial charge in [0.1, 0.15) is 0 Å². The first-order valence-electron chi connectivity index (χ1n) is 6.66. The van der Waals surface area contributed by atoms with Crippen LogP contribution in [0, 0.1) is 29.1 Å².